The quantitative estimate of drug-likeness (QED) is 0.622. The fourth-order valence-corrected chi connectivity index (χ4v) is 3.78. The lowest BCUT2D eigenvalue weighted by atomic mass is 9.99. The predicted molar refractivity (Wildman–Crippen MR) is 115 cm³/mol. The van der Waals surface area contributed by atoms with Crippen LogP contribution in [0, 0.1) is 5.82 Å². The van der Waals surface area contributed by atoms with Gasteiger partial charge >= 0.3 is 0 Å². The second kappa shape index (κ2) is 8.59. The third kappa shape index (κ3) is 4.63. The summed E-state index contributed by atoms with van der Waals surface area (Å²) in [7, 11) is 0. The number of carbonyl (C=O) groups excluding carboxylic acids is 2. The molecule has 1 aliphatic rings. The molecule has 1 amide bonds. The average molecular weight is 402 g/mol. The van der Waals surface area contributed by atoms with Crippen LogP contribution in [0.2, 0.25) is 0 Å². The van der Waals surface area contributed by atoms with E-state index in [1.807, 2.05) is 24.3 Å². The first-order valence-corrected chi connectivity index (χ1v) is 9.99. The SMILES string of the molecule is CC(=O)c1ccc(NC(=O)c2cccc(CN3CCc4ccc(F)cc4C3)c2)cc1. The van der Waals surface area contributed by atoms with Crippen LogP contribution in [0.25, 0.3) is 0 Å². The van der Waals surface area contributed by atoms with Crippen molar-refractivity contribution in [2.24, 2.45) is 0 Å². The Morgan fingerprint density at radius 1 is 0.967 bits per heavy atom. The molecule has 1 N–H and O–H groups in total. The zero-order valence-corrected chi connectivity index (χ0v) is 16.8. The summed E-state index contributed by atoms with van der Waals surface area (Å²) in [5, 5.41) is 2.87. The molecule has 4 rings (SSSR count). The second-order valence-electron chi connectivity index (χ2n) is 7.66. The molecule has 0 bridgehead atoms. The van der Waals surface area contributed by atoms with Gasteiger partial charge in [-0.1, -0.05) is 18.2 Å². The van der Waals surface area contributed by atoms with Gasteiger partial charge in [-0.2, -0.15) is 0 Å². The van der Waals surface area contributed by atoms with Crippen LogP contribution >= 0.6 is 0 Å². The Morgan fingerprint density at radius 3 is 2.53 bits per heavy atom. The first-order valence-electron chi connectivity index (χ1n) is 9.99. The number of fused-ring (bicyclic) bond motifs is 1. The Morgan fingerprint density at radius 2 is 1.77 bits per heavy atom. The number of hydrogen-bond donors (Lipinski definition) is 1. The fourth-order valence-electron chi connectivity index (χ4n) is 3.78. The number of nitrogens with zero attached hydrogens (tertiary/aromatic N) is 1. The highest BCUT2D eigenvalue weighted by molar-refractivity contribution is 6.04. The van der Waals surface area contributed by atoms with Crippen LogP contribution in [-0.4, -0.2) is 23.1 Å². The minimum absolute atomic E-state index is 0.0105. The molecule has 0 fully saturated rings. The van der Waals surface area contributed by atoms with Crippen LogP contribution in [0.3, 0.4) is 0 Å². The number of hydrogen-bond acceptors (Lipinski definition) is 3. The van der Waals surface area contributed by atoms with E-state index in [4.69, 9.17) is 0 Å². The van der Waals surface area contributed by atoms with Crippen LogP contribution in [0.15, 0.2) is 66.7 Å². The number of Topliss-reactive ketones (excluding diaryl/α,β-unsaturated/α-hetero) is 1. The molecule has 0 spiro atoms. The van der Waals surface area contributed by atoms with Crippen molar-refractivity contribution >= 4 is 17.4 Å². The van der Waals surface area contributed by atoms with Crippen molar-refractivity contribution in [3.05, 3.63) is 100 Å². The van der Waals surface area contributed by atoms with Gasteiger partial charge in [-0.05, 0) is 78.6 Å². The van der Waals surface area contributed by atoms with Crippen molar-refractivity contribution in [2.75, 3.05) is 11.9 Å². The Kier molecular flexibility index (Phi) is 5.72. The molecule has 30 heavy (non-hydrogen) atoms. The van der Waals surface area contributed by atoms with E-state index in [2.05, 4.69) is 10.2 Å². The maximum atomic E-state index is 13.6. The van der Waals surface area contributed by atoms with Gasteiger partial charge in [-0.15, -0.1) is 0 Å². The first-order chi connectivity index (χ1) is 14.5. The Balaban J connectivity index is 1.42. The van der Waals surface area contributed by atoms with Gasteiger partial charge in [0.15, 0.2) is 5.78 Å². The molecule has 0 radical (unpaired) electrons. The number of nitrogens with one attached hydrogen (secondary N) is 1. The summed E-state index contributed by atoms with van der Waals surface area (Å²) in [6.45, 7) is 3.81. The van der Waals surface area contributed by atoms with Gasteiger partial charge < -0.3 is 5.32 Å². The number of amides is 1. The van der Waals surface area contributed by atoms with E-state index >= 15 is 0 Å². The molecule has 4 nitrogen and oxygen atoms in total. The van der Waals surface area contributed by atoms with Gasteiger partial charge in [-0.3, -0.25) is 14.5 Å². The highest BCUT2D eigenvalue weighted by Crippen LogP contribution is 2.22. The van der Waals surface area contributed by atoms with E-state index in [-0.39, 0.29) is 17.5 Å². The van der Waals surface area contributed by atoms with Crippen molar-refractivity contribution in [1.29, 1.82) is 0 Å². The molecule has 1 aliphatic heterocycles. The number of halogens is 1. The van der Waals surface area contributed by atoms with Crippen LogP contribution in [-0.2, 0) is 19.5 Å². The summed E-state index contributed by atoms with van der Waals surface area (Å²) < 4.78 is 13.6. The fraction of sp³-hybridized carbons (Fsp3) is 0.200. The summed E-state index contributed by atoms with van der Waals surface area (Å²) in [5.74, 6) is -0.409. The number of carbonyl (C=O) groups is 2. The predicted octanol–water partition coefficient (Wildman–Crippen LogP) is 4.84. The Hall–Kier alpha value is -3.31. The van der Waals surface area contributed by atoms with Gasteiger partial charge in [0.1, 0.15) is 5.82 Å². The van der Waals surface area contributed by atoms with E-state index in [0.29, 0.717) is 29.9 Å². The van der Waals surface area contributed by atoms with Crippen LogP contribution < -0.4 is 5.32 Å². The minimum Gasteiger partial charge on any atom is -0.322 e. The normalized spacial score (nSPS) is 13.5. The zero-order valence-electron chi connectivity index (χ0n) is 16.8. The second-order valence-corrected chi connectivity index (χ2v) is 7.66. The number of ketones is 1. The van der Waals surface area contributed by atoms with E-state index in [0.717, 1.165) is 24.1 Å². The summed E-state index contributed by atoms with van der Waals surface area (Å²) in [6, 6.07) is 19.4. The lowest BCUT2D eigenvalue weighted by Gasteiger charge is -2.28. The highest BCUT2D eigenvalue weighted by atomic mass is 19.1. The van der Waals surface area contributed by atoms with Crippen molar-refractivity contribution in [2.45, 2.75) is 26.4 Å². The summed E-state index contributed by atoms with van der Waals surface area (Å²) in [6.07, 6.45) is 0.895. The molecular formula is C25H23FN2O2. The largest absolute Gasteiger partial charge is 0.322 e. The smallest absolute Gasteiger partial charge is 0.255 e. The maximum Gasteiger partial charge on any atom is 0.255 e. The molecule has 0 saturated heterocycles. The monoisotopic (exact) mass is 402 g/mol. The van der Waals surface area contributed by atoms with Gasteiger partial charge in [0.05, 0.1) is 0 Å². The number of rotatable bonds is 5. The molecular weight excluding hydrogens is 379 g/mol. The lowest BCUT2D eigenvalue weighted by Crippen LogP contribution is -2.30. The van der Waals surface area contributed by atoms with Gasteiger partial charge in [0.2, 0.25) is 0 Å². The van der Waals surface area contributed by atoms with Crippen LogP contribution in [0.5, 0.6) is 0 Å². The number of benzene rings is 3. The van der Waals surface area contributed by atoms with Crippen molar-refractivity contribution < 1.29 is 14.0 Å². The van der Waals surface area contributed by atoms with Gasteiger partial charge in [0.25, 0.3) is 5.91 Å². The Bertz CT molecular complexity index is 1090. The van der Waals surface area contributed by atoms with Crippen molar-refractivity contribution in [3.8, 4) is 0 Å². The molecule has 0 atom stereocenters. The molecule has 5 heteroatoms. The third-order valence-corrected chi connectivity index (χ3v) is 5.40. The van der Waals surface area contributed by atoms with Gasteiger partial charge in [-0.25, -0.2) is 4.39 Å². The molecule has 1 heterocycles. The highest BCUT2D eigenvalue weighted by Gasteiger charge is 2.17. The molecule has 3 aromatic rings. The number of anilines is 1. The standard InChI is InChI=1S/C25H23FN2O2/c1-17(29)19-6-9-24(10-7-19)27-25(30)21-4-2-3-18(13-21)15-28-12-11-20-5-8-23(26)14-22(20)16-28/h2-10,13-14H,11-12,15-16H2,1H3,(H,27,30). The zero-order chi connectivity index (χ0) is 21.1. The maximum absolute atomic E-state index is 13.6. The first kappa shape index (κ1) is 20.0. The topological polar surface area (TPSA) is 49.4 Å². The van der Waals surface area contributed by atoms with E-state index in [1.54, 1.807) is 36.4 Å². The summed E-state index contributed by atoms with van der Waals surface area (Å²) in [5.41, 5.74) is 5.10. The molecule has 3 aromatic carbocycles. The molecule has 0 aliphatic carbocycles. The molecule has 0 aromatic heterocycles. The lowest BCUT2D eigenvalue weighted by molar-refractivity contribution is 0.101. The van der Waals surface area contributed by atoms with E-state index in [9.17, 15) is 14.0 Å². The average Bonchev–Trinajstić information content (AvgIpc) is 2.74. The molecule has 152 valence electrons. The van der Waals surface area contributed by atoms with Crippen LogP contribution in [0.4, 0.5) is 10.1 Å². The molecule has 0 saturated carbocycles. The van der Waals surface area contributed by atoms with Gasteiger partial charge in [0, 0.05) is 36.4 Å². The van der Waals surface area contributed by atoms with Crippen LogP contribution in [0.1, 0.15) is 44.3 Å². The van der Waals surface area contributed by atoms with Crippen molar-refractivity contribution in [3.63, 3.8) is 0 Å². The minimum atomic E-state index is -0.203. The summed E-state index contributed by atoms with van der Waals surface area (Å²) >= 11 is 0. The van der Waals surface area contributed by atoms with E-state index in [1.165, 1.54) is 18.6 Å². The third-order valence-electron chi connectivity index (χ3n) is 5.40. The summed E-state index contributed by atoms with van der Waals surface area (Å²) in [4.78, 5) is 26.3. The molecule has 0 unspecified atom stereocenters. The van der Waals surface area contributed by atoms with E-state index < -0.39 is 0 Å². The van der Waals surface area contributed by atoms with Crippen molar-refractivity contribution in [1.82, 2.24) is 4.90 Å². The Labute approximate surface area is 175 Å².